The average molecular weight is 342 g/mol. The number of rotatable bonds is 4. The van der Waals surface area contributed by atoms with E-state index in [1.165, 1.54) is 24.3 Å². The number of nitrogens with two attached hydrogens (primary N) is 1. The number of nitrogens with zero attached hydrogens (tertiary/aromatic N) is 3. The van der Waals surface area contributed by atoms with E-state index in [4.69, 9.17) is 15.8 Å². The van der Waals surface area contributed by atoms with Crippen LogP contribution in [0.5, 0.6) is 0 Å². The standard InChI is InChI=1S/C16H11FN4O4/c17-13-5-4-11(9-20-13)16(24)21(25-14(22)6-7-18)12-3-1-2-10(8-12)15(19)23/h1-5,8-9H,6H2,(H2,19,23). The normalized spacial score (nSPS) is 9.76. The number of carbonyl (C=O) groups is 3. The minimum atomic E-state index is -0.990. The molecule has 0 saturated heterocycles. The van der Waals surface area contributed by atoms with E-state index in [1.54, 1.807) is 6.07 Å². The molecule has 0 saturated carbocycles. The largest absolute Gasteiger partial charge is 0.366 e. The highest BCUT2D eigenvalue weighted by molar-refractivity contribution is 6.06. The molecule has 8 nitrogen and oxygen atoms in total. The maximum atomic E-state index is 12.9. The van der Waals surface area contributed by atoms with Gasteiger partial charge in [-0.15, -0.1) is 5.06 Å². The van der Waals surface area contributed by atoms with Crippen molar-refractivity contribution in [2.24, 2.45) is 5.73 Å². The molecule has 0 fully saturated rings. The van der Waals surface area contributed by atoms with E-state index in [0.29, 0.717) is 5.06 Å². The Bertz CT molecular complexity index is 861. The van der Waals surface area contributed by atoms with E-state index in [2.05, 4.69) is 4.98 Å². The molecule has 2 aromatic rings. The van der Waals surface area contributed by atoms with Gasteiger partial charge >= 0.3 is 5.97 Å². The monoisotopic (exact) mass is 342 g/mol. The molecule has 9 heteroatoms. The number of aromatic nitrogens is 1. The maximum Gasteiger partial charge on any atom is 0.347 e. The smallest absolute Gasteiger partial charge is 0.347 e. The molecule has 0 aliphatic heterocycles. The molecule has 0 atom stereocenters. The Hall–Kier alpha value is -3.80. The van der Waals surface area contributed by atoms with E-state index >= 15 is 0 Å². The molecule has 2 N–H and O–H groups in total. The van der Waals surface area contributed by atoms with Gasteiger partial charge in [-0.1, -0.05) is 6.07 Å². The number of pyridine rings is 1. The van der Waals surface area contributed by atoms with Crippen molar-refractivity contribution in [3.05, 3.63) is 59.7 Å². The molecule has 1 aromatic carbocycles. The summed E-state index contributed by atoms with van der Waals surface area (Å²) in [5.74, 6) is -3.38. The third kappa shape index (κ3) is 4.35. The summed E-state index contributed by atoms with van der Waals surface area (Å²) >= 11 is 0. The van der Waals surface area contributed by atoms with Crippen molar-refractivity contribution < 1.29 is 23.6 Å². The number of anilines is 1. The van der Waals surface area contributed by atoms with Crippen molar-refractivity contribution in [2.45, 2.75) is 6.42 Å². The lowest BCUT2D eigenvalue weighted by molar-refractivity contribution is -0.142. The van der Waals surface area contributed by atoms with Crippen molar-refractivity contribution >= 4 is 23.5 Å². The lowest BCUT2D eigenvalue weighted by Gasteiger charge is -2.21. The summed E-state index contributed by atoms with van der Waals surface area (Å²) in [4.78, 5) is 43.8. The molecule has 126 valence electrons. The minimum Gasteiger partial charge on any atom is -0.366 e. The zero-order valence-electron chi connectivity index (χ0n) is 12.7. The van der Waals surface area contributed by atoms with Gasteiger partial charge in [-0.25, -0.2) is 9.78 Å². The summed E-state index contributed by atoms with van der Waals surface area (Å²) in [5, 5.41) is 9.14. The number of amides is 2. The molecule has 0 spiro atoms. The quantitative estimate of drug-likeness (QED) is 0.660. The average Bonchev–Trinajstić information content (AvgIpc) is 2.60. The Morgan fingerprint density at radius 1 is 1.24 bits per heavy atom. The molecular formula is C16H11FN4O4. The van der Waals surface area contributed by atoms with Crippen LogP contribution >= 0.6 is 0 Å². The maximum absolute atomic E-state index is 12.9. The van der Waals surface area contributed by atoms with Gasteiger partial charge in [0, 0.05) is 11.8 Å². The van der Waals surface area contributed by atoms with Crippen molar-refractivity contribution in [2.75, 3.05) is 5.06 Å². The summed E-state index contributed by atoms with van der Waals surface area (Å²) < 4.78 is 12.9. The fraction of sp³-hybridized carbons (Fsp3) is 0.0625. The van der Waals surface area contributed by atoms with E-state index < -0.39 is 30.2 Å². The van der Waals surface area contributed by atoms with Gasteiger partial charge in [-0.2, -0.15) is 9.65 Å². The first-order valence-electron chi connectivity index (χ1n) is 6.86. The number of hydrogen-bond acceptors (Lipinski definition) is 6. The van der Waals surface area contributed by atoms with Crippen molar-refractivity contribution in [3.63, 3.8) is 0 Å². The molecule has 25 heavy (non-hydrogen) atoms. The summed E-state index contributed by atoms with van der Waals surface area (Å²) in [6.07, 6.45) is 0.363. The first kappa shape index (κ1) is 17.6. The second-order valence-corrected chi connectivity index (χ2v) is 4.68. The number of primary amides is 1. The molecule has 0 bridgehead atoms. The van der Waals surface area contributed by atoms with Crippen LogP contribution in [0.25, 0.3) is 0 Å². The van der Waals surface area contributed by atoms with Crippen LogP contribution in [-0.2, 0) is 9.63 Å². The molecule has 2 amide bonds. The number of hydroxylamine groups is 1. The third-order valence-electron chi connectivity index (χ3n) is 2.94. The summed E-state index contributed by atoms with van der Waals surface area (Å²) in [5.41, 5.74) is 5.22. The topological polar surface area (TPSA) is 126 Å². The number of halogens is 1. The van der Waals surface area contributed by atoms with E-state index in [1.807, 2.05) is 0 Å². The molecular weight excluding hydrogens is 331 g/mol. The van der Waals surface area contributed by atoms with Crippen LogP contribution in [0.4, 0.5) is 10.1 Å². The van der Waals surface area contributed by atoms with Crippen LogP contribution in [0.15, 0.2) is 42.6 Å². The summed E-state index contributed by atoms with van der Waals surface area (Å²) in [7, 11) is 0. The second kappa shape index (κ2) is 7.65. The van der Waals surface area contributed by atoms with Gasteiger partial charge in [0.05, 0.1) is 17.3 Å². The predicted octanol–water partition coefficient (Wildman–Crippen LogP) is 1.34. The third-order valence-corrected chi connectivity index (χ3v) is 2.94. The Labute approximate surface area is 141 Å². The van der Waals surface area contributed by atoms with Gasteiger partial charge in [0.2, 0.25) is 11.9 Å². The summed E-state index contributed by atoms with van der Waals surface area (Å²) in [6.45, 7) is 0. The molecule has 0 aliphatic carbocycles. The van der Waals surface area contributed by atoms with Gasteiger partial charge in [0.1, 0.15) is 6.42 Å². The first-order valence-corrected chi connectivity index (χ1v) is 6.86. The zero-order chi connectivity index (χ0) is 18.4. The van der Waals surface area contributed by atoms with Crippen molar-refractivity contribution in [1.29, 1.82) is 5.26 Å². The number of nitriles is 1. The van der Waals surface area contributed by atoms with Crippen LogP contribution in [0.3, 0.4) is 0 Å². The van der Waals surface area contributed by atoms with Gasteiger partial charge in [-0.05, 0) is 30.3 Å². The highest BCUT2D eigenvalue weighted by Crippen LogP contribution is 2.20. The van der Waals surface area contributed by atoms with Crippen molar-refractivity contribution in [1.82, 2.24) is 4.98 Å². The molecule has 1 heterocycles. The SMILES string of the molecule is N#CCC(=O)ON(C(=O)c1ccc(F)nc1)c1cccc(C(N)=O)c1. The molecule has 0 unspecified atom stereocenters. The lowest BCUT2D eigenvalue weighted by Crippen LogP contribution is -2.34. The van der Waals surface area contributed by atoms with Crippen LogP contribution in [-0.4, -0.2) is 22.8 Å². The zero-order valence-corrected chi connectivity index (χ0v) is 12.7. The van der Waals surface area contributed by atoms with Gasteiger partial charge < -0.3 is 10.6 Å². The number of carbonyl (C=O) groups excluding carboxylic acids is 3. The van der Waals surface area contributed by atoms with E-state index in [9.17, 15) is 18.8 Å². The highest BCUT2D eigenvalue weighted by Gasteiger charge is 2.23. The molecule has 2 rings (SSSR count). The van der Waals surface area contributed by atoms with Crippen LogP contribution < -0.4 is 10.8 Å². The fourth-order valence-electron chi connectivity index (χ4n) is 1.82. The molecule has 0 radical (unpaired) electrons. The van der Waals surface area contributed by atoms with Crippen LogP contribution in [0.1, 0.15) is 27.1 Å². The Morgan fingerprint density at radius 3 is 2.60 bits per heavy atom. The van der Waals surface area contributed by atoms with Crippen molar-refractivity contribution in [3.8, 4) is 6.07 Å². The van der Waals surface area contributed by atoms with Crippen LogP contribution in [0.2, 0.25) is 0 Å². The first-order chi connectivity index (χ1) is 11.9. The number of benzene rings is 1. The lowest BCUT2D eigenvalue weighted by atomic mass is 10.2. The molecule has 1 aromatic heterocycles. The van der Waals surface area contributed by atoms with E-state index in [0.717, 1.165) is 18.3 Å². The van der Waals surface area contributed by atoms with Gasteiger partial charge in [0.15, 0.2) is 0 Å². The molecule has 0 aliphatic rings. The summed E-state index contributed by atoms with van der Waals surface area (Å²) in [6, 6.07) is 9.16. The Morgan fingerprint density at radius 2 is 2.00 bits per heavy atom. The fourth-order valence-corrected chi connectivity index (χ4v) is 1.82. The van der Waals surface area contributed by atoms with Crippen LogP contribution in [0, 0.1) is 17.3 Å². The second-order valence-electron chi connectivity index (χ2n) is 4.68. The highest BCUT2D eigenvalue weighted by atomic mass is 19.1. The Balaban J connectivity index is 2.42. The predicted molar refractivity (Wildman–Crippen MR) is 82.3 cm³/mol. The van der Waals surface area contributed by atoms with Gasteiger partial charge in [-0.3, -0.25) is 9.59 Å². The Kier molecular flexibility index (Phi) is 5.37. The minimum absolute atomic E-state index is 0.0249. The number of hydrogen-bond donors (Lipinski definition) is 1. The van der Waals surface area contributed by atoms with Gasteiger partial charge in [0.25, 0.3) is 5.91 Å². The van der Waals surface area contributed by atoms with E-state index in [-0.39, 0.29) is 16.8 Å².